The third-order valence-corrected chi connectivity index (χ3v) is 4.85. The van der Waals surface area contributed by atoms with Gasteiger partial charge in [0.15, 0.2) is 0 Å². The zero-order valence-corrected chi connectivity index (χ0v) is 14.7. The molecule has 0 radical (unpaired) electrons. The van der Waals surface area contributed by atoms with Gasteiger partial charge >= 0.3 is 0 Å². The standard InChI is InChI=1S/C19H25N3O2/c1-21(2)14-7-6-11-22(12-10-14)19(23)16-13-18(24-3)20-17-9-5-4-8-15(16)17/h4-5,8-9,13-14H,6-7,10-12H2,1-3H3/t14-/m0/s1. The third-order valence-electron chi connectivity index (χ3n) is 4.85. The van der Waals surface area contributed by atoms with E-state index in [1.807, 2.05) is 29.2 Å². The first-order valence-corrected chi connectivity index (χ1v) is 8.49. The van der Waals surface area contributed by atoms with Crippen molar-refractivity contribution in [3.05, 3.63) is 35.9 Å². The van der Waals surface area contributed by atoms with Gasteiger partial charge in [0.1, 0.15) is 0 Å². The number of amides is 1. The van der Waals surface area contributed by atoms with Gasteiger partial charge in [-0.25, -0.2) is 4.98 Å². The Morgan fingerprint density at radius 1 is 1.25 bits per heavy atom. The van der Waals surface area contributed by atoms with Crippen molar-refractivity contribution in [1.29, 1.82) is 0 Å². The number of carbonyl (C=O) groups excluding carboxylic acids is 1. The number of fused-ring (bicyclic) bond motifs is 1. The van der Waals surface area contributed by atoms with Crippen LogP contribution in [0.1, 0.15) is 29.6 Å². The first-order valence-electron chi connectivity index (χ1n) is 8.49. The molecule has 1 aromatic heterocycles. The number of hydrogen-bond acceptors (Lipinski definition) is 4. The van der Waals surface area contributed by atoms with Gasteiger partial charge in [-0.3, -0.25) is 4.79 Å². The van der Waals surface area contributed by atoms with Crippen LogP contribution in [0.15, 0.2) is 30.3 Å². The maximum absolute atomic E-state index is 13.1. The molecule has 0 spiro atoms. The number of hydrogen-bond donors (Lipinski definition) is 0. The number of pyridine rings is 1. The van der Waals surface area contributed by atoms with Gasteiger partial charge in [0, 0.05) is 30.6 Å². The average Bonchev–Trinajstić information content (AvgIpc) is 2.86. The highest BCUT2D eigenvalue weighted by molar-refractivity contribution is 6.06. The van der Waals surface area contributed by atoms with Gasteiger partial charge in [0.2, 0.25) is 5.88 Å². The van der Waals surface area contributed by atoms with E-state index >= 15 is 0 Å². The molecule has 2 aromatic rings. The van der Waals surface area contributed by atoms with Crippen molar-refractivity contribution >= 4 is 16.8 Å². The monoisotopic (exact) mass is 327 g/mol. The number of likely N-dealkylation sites (tertiary alicyclic amines) is 1. The fraction of sp³-hybridized carbons (Fsp3) is 0.474. The molecule has 1 aliphatic rings. The molecular formula is C19H25N3O2. The minimum Gasteiger partial charge on any atom is -0.481 e. The van der Waals surface area contributed by atoms with Gasteiger partial charge in [-0.05, 0) is 39.4 Å². The first kappa shape index (κ1) is 16.7. The summed E-state index contributed by atoms with van der Waals surface area (Å²) in [6.45, 7) is 1.60. The number of rotatable bonds is 3. The summed E-state index contributed by atoms with van der Waals surface area (Å²) in [5, 5.41) is 0.886. The summed E-state index contributed by atoms with van der Waals surface area (Å²) in [5.41, 5.74) is 1.47. The Balaban J connectivity index is 1.91. The summed E-state index contributed by atoms with van der Waals surface area (Å²) in [6, 6.07) is 10.0. The molecule has 1 atom stereocenters. The van der Waals surface area contributed by atoms with Gasteiger partial charge < -0.3 is 14.5 Å². The molecule has 5 heteroatoms. The Morgan fingerprint density at radius 2 is 2.04 bits per heavy atom. The topological polar surface area (TPSA) is 45.7 Å². The van der Waals surface area contributed by atoms with Gasteiger partial charge in [0.25, 0.3) is 5.91 Å². The van der Waals surface area contributed by atoms with E-state index in [4.69, 9.17) is 4.74 Å². The highest BCUT2D eigenvalue weighted by Gasteiger charge is 2.24. The lowest BCUT2D eigenvalue weighted by Gasteiger charge is -2.24. The van der Waals surface area contributed by atoms with Crippen LogP contribution in [0.2, 0.25) is 0 Å². The van der Waals surface area contributed by atoms with Crippen LogP contribution in [0.4, 0.5) is 0 Å². The van der Waals surface area contributed by atoms with Crippen molar-refractivity contribution in [1.82, 2.24) is 14.8 Å². The predicted molar refractivity (Wildman–Crippen MR) is 95.5 cm³/mol. The number of ether oxygens (including phenoxy) is 1. The quantitative estimate of drug-likeness (QED) is 0.870. The van der Waals surface area contributed by atoms with Gasteiger partial charge in [-0.2, -0.15) is 0 Å². The number of nitrogens with zero attached hydrogens (tertiary/aromatic N) is 3. The smallest absolute Gasteiger partial charge is 0.254 e. The van der Waals surface area contributed by atoms with E-state index in [9.17, 15) is 4.79 Å². The summed E-state index contributed by atoms with van der Waals surface area (Å²) >= 11 is 0. The highest BCUT2D eigenvalue weighted by atomic mass is 16.5. The van der Waals surface area contributed by atoms with Crippen LogP contribution >= 0.6 is 0 Å². The second-order valence-electron chi connectivity index (χ2n) is 6.57. The Labute approximate surface area is 143 Å². The third kappa shape index (κ3) is 3.36. The maximum atomic E-state index is 13.1. The van der Waals surface area contributed by atoms with E-state index in [0.717, 1.165) is 43.3 Å². The van der Waals surface area contributed by atoms with Crippen molar-refractivity contribution in [2.45, 2.75) is 25.3 Å². The molecule has 2 heterocycles. The molecule has 0 bridgehead atoms. The zero-order valence-electron chi connectivity index (χ0n) is 14.7. The van der Waals surface area contributed by atoms with E-state index in [0.29, 0.717) is 17.5 Å². The molecule has 128 valence electrons. The highest BCUT2D eigenvalue weighted by Crippen LogP contribution is 2.24. The van der Waals surface area contributed by atoms with E-state index in [1.165, 1.54) is 0 Å². The lowest BCUT2D eigenvalue weighted by atomic mass is 10.1. The fourth-order valence-electron chi connectivity index (χ4n) is 3.40. The van der Waals surface area contributed by atoms with Crippen molar-refractivity contribution in [3.63, 3.8) is 0 Å². The predicted octanol–water partition coefficient (Wildman–Crippen LogP) is 2.80. The Kier molecular flexibility index (Phi) is 5.00. The van der Waals surface area contributed by atoms with Crippen LogP contribution in [0, 0.1) is 0 Å². The maximum Gasteiger partial charge on any atom is 0.254 e. The Bertz CT molecular complexity index is 730. The number of carbonyl (C=O) groups is 1. The van der Waals surface area contributed by atoms with Gasteiger partial charge in [0.05, 0.1) is 18.2 Å². The van der Waals surface area contributed by atoms with Crippen molar-refractivity contribution in [2.75, 3.05) is 34.3 Å². The molecule has 0 unspecified atom stereocenters. The number of para-hydroxylation sites is 1. The normalized spacial score (nSPS) is 18.7. The van der Waals surface area contributed by atoms with Crippen LogP contribution < -0.4 is 4.74 Å². The number of benzene rings is 1. The lowest BCUT2D eigenvalue weighted by molar-refractivity contribution is 0.0760. The van der Waals surface area contributed by atoms with Crippen LogP contribution in [-0.2, 0) is 0 Å². The van der Waals surface area contributed by atoms with Crippen molar-refractivity contribution < 1.29 is 9.53 Å². The molecule has 1 aliphatic heterocycles. The molecule has 0 aliphatic carbocycles. The van der Waals surface area contributed by atoms with Gasteiger partial charge in [-0.1, -0.05) is 18.2 Å². The summed E-state index contributed by atoms with van der Waals surface area (Å²) in [6.07, 6.45) is 3.19. The van der Waals surface area contributed by atoms with Crippen LogP contribution in [0.5, 0.6) is 5.88 Å². The summed E-state index contributed by atoms with van der Waals surface area (Å²) in [4.78, 5) is 21.8. The van der Waals surface area contributed by atoms with E-state index in [1.54, 1.807) is 13.2 Å². The Hall–Kier alpha value is -2.14. The van der Waals surface area contributed by atoms with E-state index in [2.05, 4.69) is 24.0 Å². The van der Waals surface area contributed by atoms with Crippen LogP contribution in [-0.4, -0.2) is 61.0 Å². The SMILES string of the molecule is COc1cc(C(=O)N2CCC[C@H](N(C)C)CC2)c2ccccc2n1. The zero-order chi connectivity index (χ0) is 17.1. The molecule has 1 amide bonds. The molecule has 3 rings (SSSR count). The lowest BCUT2D eigenvalue weighted by Crippen LogP contribution is -2.34. The molecule has 0 saturated carbocycles. The largest absolute Gasteiger partial charge is 0.481 e. The minimum absolute atomic E-state index is 0.0753. The number of methoxy groups -OCH3 is 1. The molecule has 0 N–H and O–H groups in total. The van der Waals surface area contributed by atoms with Crippen molar-refractivity contribution in [3.8, 4) is 5.88 Å². The van der Waals surface area contributed by atoms with Crippen molar-refractivity contribution in [2.24, 2.45) is 0 Å². The second-order valence-corrected chi connectivity index (χ2v) is 6.57. The second kappa shape index (κ2) is 7.18. The average molecular weight is 327 g/mol. The molecule has 1 saturated heterocycles. The van der Waals surface area contributed by atoms with Crippen LogP contribution in [0.25, 0.3) is 10.9 Å². The first-order chi connectivity index (χ1) is 11.6. The summed E-state index contributed by atoms with van der Waals surface area (Å²) in [5.74, 6) is 0.560. The number of aromatic nitrogens is 1. The summed E-state index contributed by atoms with van der Waals surface area (Å²) < 4.78 is 5.29. The Morgan fingerprint density at radius 3 is 2.79 bits per heavy atom. The molecular weight excluding hydrogens is 302 g/mol. The van der Waals surface area contributed by atoms with Gasteiger partial charge in [-0.15, -0.1) is 0 Å². The minimum atomic E-state index is 0.0753. The van der Waals surface area contributed by atoms with Crippen LogP contribution in [0.3, 0.4) is 0 Å². The molecule has 5 nitrogen and oxygen atoms in total. The summed E-state index contributed by atoms with van der Waals surface area (Å²) in [7, 11) is 5.81. The van der Waals surface area contributed by atoms with E-state index in [-0.39, 0.29) is 5.91 Å². The van der Waals surface area contributed by atoms with E-state index < -0.39 is 0 Å². The fourth-order valence-corrected chi connectivity index (χ4v) is 3.40. The molecule has 1 aromatic carbocycles. The molecule has 1 fully saturated rings. The molecule has 24 heavy (non-hydrogen) atoms.